The van der Waals surface area contributed by atoms with Gasteiger partial charge in [-0.25, -0.2) is 4.79 Å². The number of ether oxygens (including phenoxy) is 2. The van der Waals surface area contributed by atoms with Gasteiger partial charge in [-0.3, -0.25) is 0 Å². The summed E-state index contributed by atoms with van der Waals surface area (Å²) in [6.45, 7) is -1.02. The van der Waals surface area contributed by atoms with Crippen LogP contribution in [0.15, 0.2) is 0 Å². The Kier molecular flexibility index (Phi) is 5.07. The van der Waals surface area contributed by atoms with Gasteiger partial charge in [-0.1, -0.05) is 12.6 Å². The molecule has 0 saturated heterocycles. The average Bonchev–Trinajstić information content (AvgIpc) is 1.83. The van der Waals surface area contributed by atoms with Crippen molar-refractivity contribution in [2.45, 2.75) is 12.6 Å². The van der Waals surface area contributed by atoms with Crippen molar-refractivity contribution in [3.8, 4) is 0 Å². The number of carbonyl (C=O) groups is 1. The summed E-state index contributed by atoms with van der Waals surface area (Å²) in [4.78, 5) is 9.94. The highest BCUT2D eigenvalue weighted by Gasteiger charge is 2.26. The van der Waals surface area contributed by atoms with Crippen molar-refractivity contribution in [1.29, 1.82) is 0 Å². The fourth-order valence-corrected chi connectivity index (χ4v) is 0.392. The third-order valence-corrected chi connectivity index (χ3v) is 0.925. The molecule has 0 bridgehead atoms. The van der Waals surface area contributed by atoms with Crippen LogP contribution in [0.5, 0.6) is 0 Å². The van der Waals surface area contributed by atoms with Crippen LogP contribution in [0, 0.1) is 0 Å². The monoisotopic (exact) mass is 204 g/mol. The van der Waals surface area contributed by atoms with Crippen LogP contribution in [0.4, 0.5) is 18.0 Å². The number of hydrogen-bond acceptors (Lipinski definition) is 3. The molecule has 0 N–H and O–H groups in total. The number of thiol groups is 1. The molecule has 0 amide bonds. The van der Waals surface area contributed by atoms with Gasteiger partial charge in [0.1, 0.15) is 0 Å². The smallest absolute Gasteiger partial charge is 0.391 e. The fraction of sp³-hybridized carbons (Fsp3) is 0.800. The zero-order valence-corrected chi connectivity index (χ0v) is 6.82. The van der Waals surface area contributed by atoms with Crippen LogP contribution in [0.25, 0.3) is 0 Å². The predicted octanol–water partition coefficient (Wildman–Crippen LogP) is 1.98. The molecule has 0 unspecified atom stereocenters. The lowest BCUT2D eigenvalue weighted by atomic mass is 10.4. The van der Waals surface area contributed by atoms with Gasteiger partial charge in [-0.15, -0.1) is 0 Å². The second-order valence-corrected chi connectivity index (χ2v) is 2.17. The van der Waals surface area contributed by atoms with E-state index in [0.717, 1.165) is 0 Å². The van der Waals surface area contributed by atoms with Crippen LogP contribution in [0.2, 0.25) is 0 Å². The molecule has 0 aromatic carbocycles. The molecule has 0 aromatic rings. The van der Waals surface area contributed by atoms with Crippen molar-refractivity contribution < 1.29 is 27.4 Å². The second-order valence-electron chi connectivity index (χ2n) is 1.80. The van der Waals surface area contributed by atoms with Crippen molar-refractivity contribution in [3.63, 3.8) is 0 Å². The van der Waals surface area contributed by atoms with Gasteiger partial charge in [-0.05, 0) is 0 Å². The Morgan fingerprint density at radius 3 is 2.42 bits per heavy atom. The van der Waals surface area contributed by atoms with E-state index in [2.05, 4.69) is 22.1 Å². The van der Waals surface area contributed by atoms with Crippen molar-refractivity contribution in [1.82, 2.24) is 0 Å². The first-order valence-electron chi connectivity index (χ1n) is 2.92. The van der Waals surface area contributed by atoms with Gasteiger partial charge in [0.2, 0.25) is 0 Å². The van der Waals surface area contributed by atoms with Crippen molar-refractivity contribution >= 4 is 17.9 Å². The lowest BCUT2D eigenvalue weighted by Crippen LogP contribution is -2.13. The van der Waals surface area contributed by atoms with Crippen LogP contribution < -0.4 is 0 Å². The summed E-state index contributed by atoms with van der Waals surface area (Å²) in [5.41, 5.74) is 0. The highest BCUT2D eigenvalue weighted by molar-refractivity contribution is 7.96. The van der Waals surface area contributed by atoms with Crippen LogP contribution in [0.3, 0.4) is 0 Å². The van der Waals surface area contributed by atoms with Gasteiger partial charge < -0.3 is 9.47 Å². The summed E-state index contributed by atoms with van der Waals surface area (Å²) in [6.07, 6.45) is -5.30. The van der Waals surface area contributed by atoms with Gasteiger partial charge in [0.05, 0.1) is 13.0 Å². The first-order chi connectivity index (χ1) is 5.42. The van der Waals surface area contributed by atoms with E-state index in [1.165, 1.54) is 0 Å². The Morgan fingerprint density at radius 2 is 2.00 bits per heavy atom. The number of alkyl halides is 3. The van der Waals surface area contributed by atoms with E-state index in [0.29, 0.717) is 0 Å². The van der Waals surface area contributed by atoms with E-state index in [1.54, 1.807) is 0 Å². The summed E-state index contributed by atoms with van der Waals surface area (Å²) >= 11 is 3.19. The van der Waals surface area contributed by atoms with E-state index in [1.807, 2.05) is 0 Å². The lowest BCUT2D eigenvalue weighted by Gasteiger charge is -2.06. The van der Waals surface area contributed by atoms with E-state index in [-0.39, 0.29) is 0 Å². The molecule has 0 aromatic heterocycles. The fourth-order valence-electron chi connectivity index (χ4n) is 0.339. The molecule has 72 valence electrons. The van der Waals surface area contributed by atoms with Crippen LogP contribution in [-0.4, -0.2) is 24.9 Å². The van der Waals surface area contributed by atoms with Gasteiger partial charge >= 0.3 is 11.5 Å². The van der Waals surface area contributed by atoms with E-state index in [4.69, 9.17) is 0 Å². The van der Waals surface area contributed by atoms with Crippen molar-refractivity contribution in [3.05, 3.63) is 0 Å². The molecule has 12 heavy (non-hydrogen) atoms. The highest BCUT2D eigenvalue weighted by atomic mass is 32.1. The normalized spacial score (nSPS) is 11.3. The van der Waals surface area contributed by atoms with Crippen LogP contribution in [0.1, 0.15) is 6.42 Å². The summed E-state index contributed by atoms with van der Waals surface area (Å²) in [5, 5.41) is -0.887. The number of rotatable bonds is 4. The van der Waals surface area contributed by atoms with Crippen LogP contribution >= 0.6 is 12.6 Å². The number of hydrogen-bond donors (Lipinski definition) is 1. The molecule has 7 heteroatoms. The summed E-state index contributed by atoms with van der Waals surface area (Å²) in [5.74, 6) is 0. The first-order valence-corrected chi connectivity index (χ1v) is 3.37. The molecule has 0 spiro atoms. The first kappa shape index (κ1) is 11.6. The lowest BCUT2D eigenvalue weighted by molar-refractivity contribution is -0.150. The van der Waals surface area contributed by atoms with Crippen molar-refractivity contribution in [2.75, 3.05) is 13.4 Å². The topological polar surface area (TPSA) is 35.5 Å². The molecule has 0 atom stereocenters. The standard InChI is InChI=1S/C5H7F3O3S/c6-5(7,8)1-2-10-3-11-4(9)12/h1-3H2,(H,9,12). The molecule has 0 saturated carbocycles. The van der Waals surface area contributed by atoms with Crippen molar-refractivity contribution in [2.24, 2.45) is 0 Å². The number of halogens is 3. The Labute approximate surface area is 72.2 Å². The zero-order valence-electron chi connectivity index (χ0n) is 5.93. The summed E-state index contributed by atoms with van der Waals surface area (Å²) in [6, 6.07) is 0. The number of carbonyl (C=O) groups excluding carboxylic acids is 1. The molecule has 0 fully saturated rings. The predicted molar refractivity (Wildman–Crippen MR) is 37.0 cm³/mol. The minimum atomic E-state index is -4.25. The summed E-state index contributed by atoms with van der Waals surface area (Å²) < 4.78 is 42.7. The molecule has 0 aliphatic heterocycles. The van der Waals surface area contributed by atoms with Gasteiger partial charge in [-0.2, -0.15) is 13.2 Å². The molecule has 0 radical (unpaired) electrons. The van der Waals surface area contributed by atoms with Gasteiger partial charge in [0, 0.05) is 0 Å². The zero-order chi connectivity index (χ0) is 9.61. The molecular formula is C5H7F3O3S. The molecule has 0 rings (SSSR count). The minimum Gasteiger partial charge on any atom is -0.431 e. The highest BCUT2D eigenvalue weighted by Crippen LogP contribution is 2.18. The third kappa shape index (κ3) is 9.57. The third-order valence-electron chi connectivity index (χ3n) is 0.796. The average molecular weight is 204 g/mol. The Balaban J connectivity index is 3.17. The second kappa shape index (κ2) is 5.26. The van der Waals surface area contributed by atoms with Gasteiger partial charge in [0.25, 0.3) is 0 Å². The molecular weight excluding hydrogens is 197 g/mol. The SMILES string of the molecule is O=C(S)OCOCCC(F)(F)F. The summed E-state index contributed by atoms with van der Waals surface area (Å²) in [7, 11) is 0. The van der Waals surface area contributed by atoms with E-state index < -0.39 is 31.3 Å². The minimum absolute atomic E-state index is 0.502. The van der Waals surface area contributed by atoms with Gasteiger partial charge in [0.15, 0.2) is 6.79 Å². The van der Waals surface area contributed by atoms with E-state index >= 15 is 0 Å². The Bertz CT molecular complexity index is 147. The Morgan fingerprint density at radius 1 is 1.42 bits per heavy atom. The maximum Gasteiger partial charge on any atom is 0.391 e. The molecule has 0 heterocycles. The molecule has 0 aliphatic carbocycles. The Hall–Kier alpha value is -0.430. The molecule has 0 aliphatic rings. The largest absolute Gasteiger partial charge is 0.431 e. The van der Waals surface area contributed by atoms with E-state index in [9.17, 15) is 18.0 Å². The quantitative estimate of drug-likeness (QED) is 0.329. The molecule has 3 nitrogen and oxygen atoms in total. The maximum atomic E-state index is 11.4. The van der Waals surface area contributed by atoms with Crippen LogP contribution in [-0.2, 0) is 9.47 Å². The maximum absolute atomic E-state index is 11.4.